The molecule has 0 aromatic rings. The van der Waals surface area contributed by atoms with E-state index in [9.17, 15) is 9.59 Å². The fourth-order valence-corrected chi connectivity index (χ4v) is 8.19. The molecule has 2 aliphatic heterocycles. The van der Waals surface area contributed by atoms with Crippen molar-refractivity contribution in [3.63, 3.8) is 0 Å². The van der Waals surface area contributed by atoms with Crippen LogP contribution < -0.4 is 0 Å². The van der Waals surface area contributed by atoms with Crippen molar-refractivity contribution in [1.82, 2.24) is 0 Å². The normalized spacial score (nSPS) is 40.0. The molecule has 1 fully saturated rings. The Bertz CT molecular complexity index is 1040. The van der Waals surface area contributed by atoms with Crippen molar-refractivity contribution in [1.29, 1.82) is 0 Å². The van der Waals surface area contributed by atoms with Crippen LogP contribution in [0.5, 0.6) is 0 Å². The van der Waals surface area contributed by atoms with Crippen LogP contribution in [0, 0.1) is 28.6 Å². The summed E-state index contributed by atoms with van der Waals surface area (Å²) in [6.45, 7) is 13.3. The molecule has 4 nitrogen and oxygen atoms in total. The van der Waals surface area contributed by atoms with Crippen LogP contribution >= 0.6 is 0 Å². The molecule has 6 atom stereocenters. The number of carbonyl (C=O) groups is 2. The molecule has 2 unspecified atom stereocenters. The standard InChI is InChI=1S/C30H40O4/c1-18-7-11-25(33-27(18)32)19(2)22-14-16-30(6)24-10-9-23-20(8-12-26(31)34-28(23,3)4)17-21(24)13-15-29(22,30)5/h7-8,12,17,19,22-23,25H,9-11,13-16H2,1-6H3/t19-,22?,23?,25+,29+,30-/m0/s1. The number of rotatable bonds is 2. The number of fused-ring (bicyclic) bond motifs is 3. The van der Waals surface area contributed by atoms with Crippen molar-refractivity contribution in [3.05, 3.63) is 46.6 Å². The summed E-state index contributed by atoms with van der Waals surface area (Å²) in [5.41, 5.74) is 4.93. The number of carbonyl (C=O) groups excluding carboxylic acids is 2. The predicted molar refractivity (Wildman–Crippen MR) is 133 cm³/mol. The van der Waals surface area contributed by atoms with Gasteiger partial charge in [-0.25, -0.2) is 9.59 Å². The molecule has 0 saturated heterocycles. The van der Waals surface area contributed by atoms with Gasteiger partial charge < -0.3 is 9.47 Å². The van der Waals surface area contributed by atoms with Crippen molar-refractivity contribution >= 4 is 11.9 Å². The molecule has 2 heterocycles. The van der Waals surface area contributed by atoms with Crippen LogP contribution in [0.25, 0.3) is 0 Å². The molecule has 0 amide bonds. The first-order chi connectivity index (χ1) is 16.0. The van der Waals surface area contributed by atoms with Gasteiger partial charge in [-0.3, -0.25) is 0 Å². The lowest BCUT2D eigenvalue weighted by Crippen LogP contribution is -2.46. The molecule has 5 rings (SSSR count). The Balaban J connectivity index is 1.47. The number of ether oxygens (including phenoxy) is 2. The summed E-state index contributed by atoms with van der Waals surface area (Å²) in [6.07, 6.45) is 15.6. The molecule has 3 aliphatic carbocycles. The second kappa shape index (κ2) is 7.96. The van der Waals surface area contributed by atoms with E-state index in [1.165, 1.54) is 24.0 Å². The van der Waals surface area contributed by atoms with Crippen molar-refractivity contribution < 1.29 is 19.1 Å². The third-order valence-corrected chi connectivity index (χ3v) is 10.5. The summed E-state index contributed by atoms with van der Waals surface area (Å²) in [7, 11) is 0. The number of hydrogen-bond donors (Lipinski definition) is 0. The smallest absolute Gasteiger partial charge is 0.333 e. The molecule has 34 heavy (non-hydrogen) atoms. The SMILES string of the molecule is CC1=CC[C@H]([C@@H](C)C2CC[C@@]3(C)C4=C(C=C5C=CC(=O)OC(C)(C)C5CC4)CC[C@]23C)OC1=O. The Kier molecular flexibility index (Phi) is 5.53. The maximum Gasteiger partial charge on any atom is 0.333 e. The molecule has 0 aromatic heterocycles. The van der Waals surface area contributed by atoms with Gasteiger partial charge >= 0.3 is 11.9 Å². The van der Waals surface area contributed by atoms with Crippen molar-refractivity contribution in [2.45, 2.75) is 98.2 Å². The topological polar surface area (TPSA) is 52.6 Å². The molecular weight excluding hydrogens is 424 g/mol. The average molecular weight is 465 g/mol. The average Bonchev–Trinajstić information content (AvgIpc) is 2.88. The zero-order valence-corrected chi connectivity index (χ0v) is 21.7. The van der Waals surface area contributed by atoms with Gasteiger partial charge in [-0.1, -0.05) is 44.6 Å². The van der Waals surface area contributed by atoms with Crippen molar-refractivity contribution in [3.8, 4) is 0 Å². The Hall–Kier alpha value is -2.10. The van der Waals surface area contributed by atoms with Gasteiger partial charge in [-0.15, -0.1) is 0 Å². The Morgan fingerprint density at radius 2 is 1.79 bits per heavy atom. The van der Waals surface area contributed by atoms with E-state index < -0.39 is 5.60 Å². The molecule has 0 bridgehead atoms. The summed E-state index contributed by atoms with van der Waals surface area (Å²) in [6, 6.07) is 0. The van der Waals surface area contributed by atoms with Crippen LogP contribution in [0.15, 0.2) is 46.6 Å². The highest BCUT2D eigenvalue weighted by Crippen LogP contribution is 2.68. The lowest BCUT2D eigenvalue weighted by molar-refractivity contribution is -0.153. The lowest BCUT2D eigenvalue weighted by atomic mass is 9.52. The highest BCUT2D eigenvalue weighted by atomic mass is 16.6. The summed E-state index contributed by atoms with van der Waals surface area (Å²) in [5, 5.41) is 0. The van der Waals surface area contributed by atoms with Crippen LogP contribution in [-0.2, 0) is 19.1 Å². The Morgan fingerprint density at radius 3 is 2.53 bits per heavy atom. The van der Waals surface area contributed by atoms with E-state index in [0.717, 1.165) is 37.7 Å². The number of esters is 2. The minimum Gasteiger partial charge on any atom is -0.458 e. The summed E-state index contributed by atoms with van der Waals surface area (Å²) in [4.78, 5) is 24.4. The third kappa shape index (κ3) is 3.46. The van der Waals surface area contributed by atoms with Crippen LogP contribution in [0.1, 0.15) is 86.5 Å². The van der Waals surface area contributed by atoms with E-state index in [4.69, 9.17) is 9.47 Å². The third-order valence-electron chi connectivity index (χ3n) is 10.5. The second-order valence-electron chi connectivity index (χ2n) is 12.4. The minimum absolute atomic E-state index is 0.0146. The molecule has 0 N–H and O–H groups in total. The zero-order valence-electron chi connectivity index (χ0n) is 21.7. The largest absolute Gasteiger partial charge is 0.458 e. The zero-order chi connectivity index (χ0) is 24.5. The van der Waals surface area contributed by atoms with Gasteiger partial charge in [0.05, 0.1) is 0 Å². The van der Waals surface area contributed by atoms with Gasteiger partial charge in [0.2, 0.25) is 0 Å². The molecule has 0 radical (unpaired) electrons. The van der Waals surface area contributed by atoms with E-state index in [1.54, 1.807) is 11.6 Å². The predicted octanol–water partition coefficient (Wildman–Crippen LogP) is 6.63. The molecule has 5 aliphatic rings. The van der Waals surface area contributed by atoms with Crippen molar-refractivity contribution in [2.75, 3.05) is 0 Å². The van der Waals surface area contributed by atoms with Gasteiger partial charge in [0.25, 0.3) is 0 Å². The van der Waals surface area contributed by atoms with Gasteiger partial charge in [-0.05, 0) is 93.1 Å². The van der Waals surface area contributed by atoms with E-state index in [-0.39, 0.29) is 34.8 Å². The highest BCUT2D eigenvalue weighted by Gasteiger charge is 2.60. The summed E-state index contributed by atoms with van der Waals surface area (Å²) in [5.74, 6) is 0.711. The number of allylic oxidation sites excluding steroid dienone is 4. The molecule has 184 valence electrons. The van der Waals surface area contributed by atoms with Crippen LogP contribution in [0.4, 0.5) is 0 Å². The molecule has 0 aromatic carbocycles. The maximum atomic E-state index is 12.3. The second-order valence-corrected chi connectivity index (χ2v) is 12.4. The van der Waals surface area contributed by atoms with E-state index in [0.29, 0.717) is 11.8 Å². The van der Waals surface area contributed by atoms with E-state index in [1.807, 2.05) is 13.0 Å². The fraction of sp³-hybridized carbons (Fsp3) is 0.667. The highest BCUT2D eigenvalue weighted by molar-refractivity contribution is 5.88. The van der Waals surface area contributed by atoms with E-state index in [2.05, 4.69) is 46.8 Å². The summed E-state index contributed by atoms with van der Waals surface area (Å²) < 4.78 is 11.7. The fourth-order valence-electron chi connectivity index (χ4n) is 8.19. The molecule has 0 spiro atoms. The lowest BCUT2D eigenvalue weighted by Gasteiger charge is -2.52. The van der Waals surface area contributed by atoms with Crippen LogP contribution in [0.2, 0.25) is 0 Å². The Labute approximate surface area is 204 Å². The van der Waals surface area contributed by atoms with Crippen LogP contribution in [-0.4, -0.2) is 23.6 Å². The molecule has 4 heteroatoms. The van der Waals surface area contributed by atoms with E-state index >= 15 is 0 Å². The first-order valence-corrected chi connectivity index (χ1v) is 13.2. The summed E-state index contributed by atoms with van der Waals surface area (Å²) >= 11 is 0. The molecular formula is C30H40O4. The monoisotopic (exact) mass is 464 g/mol. The number of hydrogen-bond acceptors (Lipinski definition) is 4. The van der Waals surface area contributed by atoms with Gasteiger partial charge in [0.15, 0.2) is 0 Å². The van der Waals surface area contributed by atoms with Gasteiger partial charge in [0, 0.05) is 24.0 Å². The maximum absolute atomic E-state index is 12.3. The molecule has 1 saturated carbocycles. The first kappa shape index (κ1) is 23.6. The van der Waals surface area contributed by atoms with Gasteiger partial charge in [0.1, 0.15) is 11.7 Å². The first-order valence-electron chi connectivity index (χ1n) is 13.2. The van der Waals surface area contributed by atoms with Gasteiger partial charge in [-0.2, -0.15) is 0 Å². The minimum atomic E-state index is -0.505. The van der Waals surface area contributed by atoms with Crippen LogP contribution in [0.3, 0.4) is 0 Å². The Morgan fingerprint density at radius 1 is 1.03 bits per heavy atom. The van der Waals surface area contributed by atoms with Crippen molar-refractivity contribution in [2.24, 2.45) is 28.6 Å². The number of cyclic esters (lactones) is 2. The quantitative estimate of drug-likeness (QED) is 0.431.